The third kappa shape index (κ3) is 3.29. The number of benzene rings is 1. The maximum absolute atomic E-state index is 6.09. The fourth-order valence-electron chi connectivity index (χ4n) is 1.56. The predicted molar refractivity (Wildman–Crippen MR) is 69.6 cm³/mol. The normalized spacial score (nSPS) is 11.7. The minimum Gasteiger partial charge on any atom is -0.493 e. The van der Waals surface area contributed by atoms with Crippen molar-refractivity contribution in [2.24, 2.45) is 5.73 Å². The van der Waals surface area contributed by atoms with Crippen LogP contribution in [0.3, 0.4) is 0 Å². The summed E-state index contributed by atoms with van der Waals surface area (Å²) < 4.78 is 10.4. The summed E-state index contributed by atoms with van der Waals surface area (Å²) >= 11 is 6.09. The first kappa shape index (κ1) is 13.7. The van der Waals surface area contributed by atoms with Crippen molar-refractivity contribution in [2.45, 2.75) is 18.9 Å². The lowest BCUT2D eigenvalue weighted by Crippen LogP contribution is -2.10. The quantitative estimate of drug-likeness (QED) is 0.821. The van der Waals surface area contributed by atoms with E-state index in [-0.39, 0.29) is 6.04 Å². The molecule has 0 aliphatic rings. The molecule has 0 radical (unpaired) electrons. The Hall–Kier alpha value is -1.37. The van der Waals surface area contributed by atoms with Crippen molar-refractivity contribution in [2.75, 3.05) is 14.2 Å². The lowest BCUT2D eigenvalue weighted by atomic mass is 10.0. The minimum absolute atomic E-state index is 0.150. The van der Waals surface area contributed by atoms with Gasteiger partial charge in [-0.2, -0.15) is 0 Å². The van der Waals surface area contributed by atoms with Gasteiger partial charge in [0.2, 0.25) is 0 Å². The van der Waals surface area contributed by atoms with Crippen LogP contribution in [0.15, 0.2) is 12.1 Å². The van der Waals surface area contributed by atoms with Crippen molar-refractivity contribution in [3.8, 4) is 23.8 Å². The molecule has 0 heterocycles. The van der Waals surface area contributed by atoms with Crippen molar-refractivity contribution in [3.05, 3.63) is 22.7 Å². The van der Waals surface area contributed by atoms with Crippen LogP contribution in [-0.2, 0) is 0 Å². The van der Waals surface area contributed by atoms with Gasteiger partial charge in [0.1, 0.15) is 0 Å². The van der Waals surface area contributed by atoms with Crippen molar-refractivity contribution < 1.29 is 9.47 Å². The first-order chi connectivity index (χ1) is 8.13. The molecule has 2 N–H and O–H groups in total. The zero-order valence-corrected chi connectivity index (χ0v) is 10.8. The Labute approximate surface area is 107 Å². The largest absolute Gasteiger partial charge is 0.493 e. The first-order valence-electron chi connectivity index (χ1n) is 5.24. The molecule has 0 saturated heterocycles. The van der Waals surface area contributed by atoms with Gasteiger partial charge < -0.3 is 15.2 Å². The van der Waals surface area contributed by atoms with Crippen LogP contribution >= 0.6 is 11.6 Å². The van der Waals surface area contributed by atoms with Crippen LogP contribution in [-0.4, -0.2) is 14.2 Å². The molecule has 0 aromatic heterocycles. The molecule has 1 atom stereocenters. The SMILES string of the molecule is C#CCCC(N)c1cc(Cl)c(OC)c(OC)c1. The van der Waals surface area contributed by atoms with Crippen molar-refractivity contribution in [3.63, 3.8) is 0 Å². The van der Waals surface area contributed by atoms with E-state index in [0.29, 0.717) is 29.4 Å². The predicted octanol–water partition coefficient (Wildman–Crippen LogP) is 2.77. The van der Waals surface area contributed by atoms with E-state index in [2.05, 4.69) is 5.92 Å². The number of hydrogen-bond donors (Lipinski definition) is 1. The van der Waals surface area contributed by atoms with Crippen LogP contribution in [0.1, 0.15) is 24.4 Å². The van der Waals surface area contributed by atoms with E-state index >= 15 is 0 Å². The zero-order chi connectivity index (χ0) is 12.8. The van der Waals surface area contributed by atoms with E-state index in [1.165, 1.54) is 0 Å². The summed E-state index contributed by atoms with van der Waals surface area (Å²) in [6.07, 6.45) is 6.55. The Balaban J connectivity index is 3.03. The Morgan fingerprint density at radius 3 is 2.65 bits per heavy atom. The van der Waals surface area contributed by atoms with Gasteiger partial charge in [-0.25, -0.2) is 0 Å². The summed E-state index contributed by atoms with van der Waals surface area (Å²) in [4.78, 5) is 0. The number of rotatable bonds is 5. The minimum atomic E-state index is -0.150. The van der Waals surface area contributed by atoms with Crippen LogP contribution in [0.4, 0.5) is 0 Å². The molecule has 0 aliphatic heterocycles. The maximum Gasteiger partial charge on any atom is 0.179 e. The third-order valence-corrected chi connectivity index (χ3v) is 2.76. The highest BCUT2D eigenvalue weighted by molar-refractivity contribution is 6.32. The summed E-state index contributed by atoms with van der Waals surface area (Å²) in [6, 6.07) is 3.46. The highest BCUT2D eigenvalue weighted by Crippen LogP contribution is 2.37. The number of ether oxygens (including phenoxy) is 2. The molecule has 92 valence electrons. The van der Waals surface area contributed by atoms with Gasteiger partial charge in [-0.05, 0) is 24.1 Å². The molecular formula is C13H16ClNO2. The van der Waals surface area contributed by atoms with Crippen molar-refractivity contribution >= 4 is 11.6 Å². The van der Waals surface area contributed by atoms with Crippen LogP contribution in [0.5, 0.6) is 11.5 Å². The van der Waals surface area contributed by atoms with Crippen LogP contribution in [0.25, 0.3) is 0 Å². The van der Waals surface area contributed by atoms with Gasteiger partial charge in [0.25, 0.3) is 0 Å². The van der Waals surface area contributed by atoms with E-state index in [0.717, 1.165) is 5.56 Å². The zero-order valence-electron chi connectivity index (χ0n) is 10.00. The number of nitrogens with two attached hydrogens (primary N) is 1. The van der Waals surface area contributed by atoms with E-state index in [1.807, 2.05) is 6.07 Å². The van der Waals surface area contributed by atoms with E-state index in [1.54, 1.807) is 20.3 Å². The molecule has 0 spiro atoms. The van der Waals surface area contributed by atoms with Crippen LogP contribution in [0.2, 0.25) is 5.02 Å². The van der Waals surface area contributed by atoms with Crippen LogP contribution in [0, 0.1) is 12.3 Å². The number of terminal acetylenes is 1. The molecule has 1 rings (SSSR count). The van der Waals surface area contributed by atoms with Crippen LogP contribution < -0.4 is 15.2 Å². The molecule has 17 heavy (non-hydrogen) atoms. The van der Waals surface area contributed by atoms with Gasteiger partial charge in [-0.3, -0.25) is 0 Å². The van der Waals surface area contributed by atoms with Gasteiger partial charge >= 0.3 is 0 Å². The average molecular weight is 254 g/mol. The molecule has 0 amide bonds. The summed E-state index contributed by atoms with van der Waals surface area (Å²) in [6.45, 7) is 0. The van der Waals surface area contributed by atoms with E-state index in [9.17, 15) is 0 Å². The van der Waals surface area contributed by atoms with Gasteiger partial charge in [-0.1, -0.05) is 11.6 Å². The standard InChI is InChI=1S/C13H16ClNO2/c1-4-5-6-11(15)9-7-10(14)13(17-3)12(8-9)16-2/h1,7-8,11H,5-6,15H2,2-3H3. The number of methoxy groups -OCH3 is 2. The highest BCUT2D eigenvalue weighted by atomic mass is 35.5. The average Bonchev–Trinajstić information content (AvgIpc) is 2.34. The molecule has 1 aromatic rings. The summed E-state index contributed by atoms with van der Waals surface area (Å²) in [5.74, 6) is 3.66. The molecule has 1 unspecified atom stereocenters. The summed E-state index contributed by atoms with van der Waals surface area (Å²) in [7, 11) is 3.10. The van der Waals surface area contributed by atoms with Gasteiger partial charge in [-0.15, -0.1) is 12.3 Å². The van der Waals surface area contributed by atoms with Gasteiger partial charge in [0, 0.05) is 12.5 Å². The molecule has 0 aliphatic carbocycles. The fourth-order valence-corrected chi connectivity index (χ4v) is 1.85. The van der Waals surface area contributed by atoms with E-state index in [4.69, 9.17) is 33.2 Å². The Bertz CT molecular complexity index is 426. The number of halogens is 1. The molecule has 0 fully saturated rings. The summed E-state index contributed by atoms with van der Waals surface area (Å²) in [5, 5.41) is 0.484. The number of hydrogen-bond acceptors (Lipinski definition) is 3. The lowest BCUT2D eigenvalue weighted by Gasteiger charge is -2.15. The Kier molecular flexibility index (Phi) is 5.14. The summed E-state index contributed by atoms with van der Waals surface area (Å²) in [5.41, 5.74) is 6.91. The van der Waals surface area contributed by atoms with E-state index < -0.39 is 0 Å². The van der Waals surface area contributed by atoms with Crippen molar-refractivity contribution in [1.29, 1.82) is 0 Å². The smallest absolute Gasteiger partial charge is 0.179 e. The molecule has 0 bridgehead atoms. The molecular weight excluding hydrogens is 238 g/mol. The maximum atomic E-state index is 6.09. The first-order valence-corrected chi connectivity index (χ1v) is 5.62. The monoisotopic (exact) mass is 253 g/mol. The molecule has 0 saturated carbocycles. The second kappa shape index (κ2) is 6.39. The lowest BCUT2D eigenvalue weighted by molar-refractivity contribution is 0.354. The Morgan fingerprint density at radius 2 is 2.12 bits per heavy atom. The fraction of sp³-hybridized carbons (Fsp3) is 0.385. The third-order valence-electron chi connectivity index (χ3n) is 2.48. The second-order valence-electron chi connectivity index (χ2n) is 3.59. The van der Waals surface area contributed by atoms with Gasteiger partial charge in [0.15, 0.2) is 11.5 Å². The Morgan fingerprint density at radius 1 is 1.41 bits per heavy atom. The topological polar surface area (TPSA) is 44.5 Å². The van der Waals surface area contributed by atoms with Crippen molar-refractivity contribution in [1.82, 2.24) is 0 Å². The highest BCUT2D eigenvalue weighted by Gasteiger charge is 2.14. The van der Waals surface area contributed by atoms with Gasteiger partial charge in [0.05, 0.1) is 19.2 Å². The second-order valence-corrected chi connectivity index (χ2v) is 3.99. The molecule has 1 aromatic carbocycles. The molecule has 4 heteroatoms. The molecule has 3 nitrogen and oxygen atoms in total.